The van der Waals surface area contributed by atoms with E-state index in [0.29, 0.717) is 34.6 Å². The predicted octanol–water partition coefficient (Wildman–Crippen LogP) is 2.35. The number of pyridine rings is 1. The van der Waals surface area contributed by atoms with Crippen molar-refractivity contribution in [2.75, 3.05) is 26.1 Å². The van der Waals surface area contributed by atoms with Crippen LogP contribution in [0.3, 0.4) is 0 Å². The van der Waals surface area contributed by atoms with Crippen LogP contribution in [0, 0.1) is 6.92 Å². The highest BCUT2D eigenvalue weighted by molar-refractivity contribution is 5.50. The van der Waals surface area contributed by atoms with Gasteiger partial charge in [-0.15, -0.1) is 0 Å². The molecule has 2 heterocycles. The normalized spacial score (nSPS) is 11.7. The molecule has 142 valence electrons. The zero-order valence-corrected chi connectivity index (χ0v) is 15.7. The van der Waals surface area contributed by atoms with Gasteiger partial charge in [-0.1, -0.05) is 13.3 Å². The molecule has 0 saturated carbocycles. The summed E-state index contributed by atoms with van der Waals surface area (Å²) in [5.74, 6) is 2.76. The summed E-state index contributed by atoms with van der Waals surface area (Å²) >= 11 is 0. The highest BCUT2D eigenvalue weighted by Gasteiger charge is 2.15. The average molecular weight is 362 g/mol. The lowest BCUT2D eigenvalue weighted by Gasteiger charge is -2.19. The maximum atomic E-state index is 9.53. The Balaban J connectivity index is 2.20. The van der Waals surface area contributed by atoms with Crippen molar-refractivity contribution in [1.82, 2.24) is 15.0 Å². The van der Waals surface area contributed by atoms with Gasteiger partial charge in [-0.25, -0.2) is 9.97 Å². The summed E-state index contributed by atoms with van der Waals surface area (Å²) in [5, 5.41) is 12.7. The number of rotatable bonds is 10. The number of anilines is 1. The Morgan fingerprint density at radius 3 is 2.65 bits per heavy atom. The standard InChI is InChI=1S/C18H26N4O4/c1-5-6-13(10-23)22-18-16(9-20-12(2)21-18)26-11-14-17(25-4)15(24-3)7-8-19-14/h7-9,13,23H,5-6,10-11H2,1-4H3,(H,20,21,22). The van der Waals surface area contributed by atoms with Crippen LogP contribution >= 0.6 is 0 Å². The summed E-state index contributed by atoms with van der Waals surface area (Å²) in [6.45, 7) is 4.05. The SMILES string of the molecule is CCCC(CO)Nc1nc(C)ncc1OCc1nccc(OC)c1OC. The molecule has 0 aliphatic carbocycles. The first-order valence-electron chi connectivity index (χ1n) is 8.52. The Labute approximate surface area is 153 Å². The van der Waals surface area contributed by atoms with E-state index in [0.717, 1.165) is 12.8 Å². The van der Waals surface area contributed by atoms with Gasteiger partial charge in [0.2, 0.25) is 0 Å². The second-order valence-electron chi connectivity index (χ2n) is 5.72. The minimum atomic E-state index is -0.0962. The molecule has 8 heteroatoms. The maximum Gasteiger partial charge on any atom is 0.185 e. The van der Waals surface area contributed by atoms with Crippen LogP contribution in [0.1, 0.15) is 31.3 Å². The van der Waals surface area contributed by atoms with Crippen LogP contribution < -0.4 is 19.5 Å². The first-order valence-corrected chi connectivity index (χ1v) is 8.52. The van der Waals surface area contributed by atoms with Gasteiger partial charge in [-0.3, -0.25) is 4.98 Å². The molecule has 2 aromatic heterocycles. The molecular formula is C18H26N4O4. The molecule has 26 heavy (non-hydrogen) atoms. The Bertz CT molecular complexity index is 712. The Hall–Kier alpha value is -2.61. The van der Waals surface area contributed by atoms with E-state index < -0.39 is 0 Å². The Morgan fingerprint density at radius 2 is 2.00 bits per heavy atom. The zero-order chi connectivity index (χ0) is 18.9. The molecule has 0 radical (unpaired) electrons. The third kappa shape index (κ3) is 4.95. The average Bonchev–Trinajstić information content (AvgIpc) is 2.66. The monoisotopic (exact) mass is 362 g/mol. The van der Waals surface area contributed by atoms with Gasteiger partial charge in [0.1, 0.15) is 18.1 Å². The molecule has 2 N–H and O–H groups in total. The topological polar surface area (TPSA) is 98.6 Å². The summed E-state index contributed by atoms with van der Waals surface area (Å²) in [7, 11) is 3.13. The van der Waals surface area contributed by atoms with E-state index in [2.05, 4.69) is 27.2 Å². The molecule has 0 spiro atoms. The number of aliphatic hydroxyl groups excluding tert-OH is 1. The predicted molar refractivity (Wildman–Crippen MR) is 97.8 cm³/mol. The molecule has 0 bridgehead atoms. The zero-order valence-electron chi connectivity index (χ0n) is 15.7. The second-order valence-corrected chi connectivity index (χ2v) is 5.72. The molecule has 0 aliphatic rings. The number of aromatic nitrogens is 3. The number of hydrogen-bond donors (Lipinski definition) is 2. The lowest BCUT2D eigenvalue weighted by Crippen LogP contribution is -2.24. The van der Waals surface area contributed by atoms with E-state index in [1.807, 2.05) is 0 Å². The first-order chi connectivity index (χ1) is 12.6. The maximum absolute atomic E-state index is 9.53. The lowest BCUT2D eigenvalue weighted by molar-refractivity contribution is 0.265. The molecule has 0 amide bonds. The third-order valence-corrected chi connectivity index (χ3v) is 3.80. The number of aryl methyl sites for hydroxylation is 1. The first kappa shape index (κ1) is 19.7. The van der Waals surface area contributed by atoms with Crippen molar-refractivity contribution in [1.29, 1.82) is 0 Å². The lowest BCUT2D eigenvalue weighted by atomic mass is 10.2. The quantitative estimate of drug-likeness (QED) is 0.664. The number of nitrogens with zero attached hydrogens (tertiary/aromatic N) is 3. The van der Waals surface area contributed by atoms with E-state index in [-0.39, 0.29) is 19.3 Å². The molecular weight excluding hydrogens is 336 g/mol. The highest BCUT2D eigenvalue weighted by Crippen LogP contribution is 2.30. The van der Waals surface area contributed by atoms with Crippen LogP contribution in [-0.4, -0.2) is 46.9 Å². The van der Waals surface area contributed by atoms with Crippen molar-refractivity contribution in [3.8, 4) is 17.2 Å². The Kier molecular flexibility index (Phi) is 7.40. The Morgan fingerprint density at radius 1 is 1.19 bits per heavy atom. The van der Waals surface area contributed by atoms with Crippen LogP contribution in [0.25, 0.3) is 0 Å². The molecule has 0 aliphatic heterocycles. The van der Waals surface area contributed by atoms with Crippen LogP contribution in [0.15, 0.2) is 18.5 Å². The van der Waals surface area contributed by atoms with Crippen LogP contribution in [0.4, 0.5) is 5.82 Å². The molecule has 0 saturated heterocycles. The molecule has 1 unspecified atom stereocenters. The van der Waals surface area contributed by atoms with Crippen molar-refractivity contribution in [3.05, 3.63) is 30.0 Å². The van der Waals surface area contributed by atoms with Crippen LogP contribution in [0.2, 0.25) is 0 Å². The molecule has 0 aromatic carbocycles. The molecule has 2 aromatic rings. The van der Waals surface area contributed by atoms with Crippen molar-refractivity contribution in [2.24, 2.45) is 0 Å². The summed E-state index contributed by atoms with van der Waals surface area (Å²) in [5.41, 5.74) is 0.602. The van der Waals surface area contributed by atoms with Gasteiger partial charge in [0.15, 0.2) is 23.1 Å². The van der Waals surface area contributed by atoms with E-state index in [1.54, 1.807) is 39.6 Å². The minimum absolute atomic E-state index is 0.0155. The fourth-order valence-corrected chi connectivity index (χ4v) is 2.52. The van der Waals surface area contributed by atoms with E-state index in [4.69, 9.17) is 14.2 Å². The molecule has 2 rings (SSSR count). The van der Waals surface area contributed by atoms with E-state index >= 15 is 0 Å². The van der Waals surface area contributed by atoms with Gasteiger partial charge >= 0.3 is 0 Å². The largest absolute Gasteiger partial charge is 0.493 e. The summed E-state index contributed by atoms with van der Waals surface area (Å²) < 4.78 is 16.5. The number of hydrogen-bond acceptors (Lipinski definition) is 8. The second kappa shape index (κ2) is 9.76. The van der Waals surface area contributed by atoms with Crippen molar-refractivity contribution >= 4 is 5.82 Å². The molecule has 8 nitrogen and oxygen atoms in total. The molecule has 1 atom stereocenters. The molecule has 0 fully saturated rings. The minimum Gasteiger partial charge on any atom is -0.493 e. The van der Waals surface area contributed by atoms with Crippen molar-refractivity contribution in [3.63, 3.8) is 0 Å². The number of nitrogens with one attached hydrogen (secondary N) is 1. The van der Waals surface area contributed by atoms with Gasteiger partial charge in [0.05, 0.1) is 33.1 Å². The summed E-state index contributed by atoms with van der Waals surface area (Å²) in [4.78, 5) is 12.9. The van der Waals surface area contributed by atoms with Crippen molar-refractivity contribution < 1.29 is 19.3 Å². The van der Waals surface area contributed by atoms with Crippen LogP contribution in [0.5, 0.6) is 17.2 Å². The van der Waals surface area contributed by atoms with Crippen molar-refractivity contribution in [2.45, 2.75) is 39.3 Å². The number of ether oxygens (including phenoxy) is 3. The van der Waals surface area contributed by atoms with E-state index in [9.17, 15) is 5.11 Å². The van der Waals surface area contributed by atoms with Crippen LogP contribution in [-0.2, 0) is 6.61 Å². The fraction of sp³-hybridized carbons (Fsp3) is 0.500. The smallest absolute Gasteiger partial charge is 0.185 e. The summed E-state index contributed by atoms with van der Waals surface area (Å²) in [6, 6.07) is 1.63. The van der Waals surface area contributed by atoms with Gasteiger partial charge in [-0.05, 0) is 13.3 Å². The number of aliphatic hydroxyl groups is 1. The van der Waals surface area contributed by atoms with Gasteiger partial charge < -0.3 is 24.6 Å². The number of methoxy groups -OCH3 is 2. The van der Waals surface area contributed by atoms with Gasteiger partial charge in [0, 0.05) is 12.3 Å². The van der Waals surface area contributed by atoms with Gasteiger partial charge in [-0.2, -0.15) is 0 Å². The third-order valence-electron chi connectivity index (χ3n) is 3.80. The fourth-order valence-electron chi connectivity index (χ4n) is 2.52. The van der Waals surface area contributed by atoms with E-state index in [1.165, 1.54) is 0 Å². The van der Waals surface area contributed by atoms with Gasteiger partial charge in [0.25, 0.3) is 0 Å². The highest BCUT2D eigenvalue weighted by atomic mass is 16.5. The summed E-state index contributed by atoms with van der Waals surface area (Å²) in [6.07, 6.45) is 5.01.